The van der Waals surface area contributed by atoms with Crippen molar-refractivity contribution >= 4 is 17.3 Å². The molecule has 0 aliphatic heterocycles. The van der Waals surface area contributed by atoms with Gasteiger partial charge in [0.05, 0.1) is 7.11 Å². The molecule has 2 aromatic rings. The van der Waals surface area contributed by atoms with Crippen LogP contribution in [0.15, 0.2) is 42.5 Å². The van der Waals surface area contributed by atoms with E-state index in [0.717, 1.165) is 22.6 Å². The molecule has 0 atom stereocenters. The predicted molar refractivity (Wildman–Crippen MR) is 67.9 cm³/mol. The van der Waals surface area contributed by atoms with Gasteiger partial charge in [-0.25, -0.2) is 0 Å². The average Bonchev–Trinajstić information content (AvgIpc) is 2.31. The molecule has 2 nitrogen and oxygen atoms in total. The van der Waals surface area contributed by atoms with Crippen LogP contribution in [0.25, 0.3) is 11.1 Å². The Labute approximate surface area is 99.6 Å². The van der Waals surface area contributed by atoms with E-state index in [4.69, 9.17) is 22.1 Å². The molecule has 0 bridgehead atoms. The van der Waals surface area contributed by atoms with Gasteiger partial charge < -0.3 is 10.5 Å². The zero-order chi connectivity index (χ0) is 11.5. The number of benzene rings is 2. The zero-order valence-electron chi connectivity index (χ0n) is 8.91. The van der Waals surface area contributed by atoms with Crippen LogP contribution in [0.1, 0.15) is 0 Å². The van der Waals surface area contributed by atoms with Gasteiger partial charge in [-0.05, 0) is 35.9 Å². The van der Waals surface area contributed by atoms with Crippen LogP contribution >= 0.6 is 11.6 Å². The van der Waals surface area contributed by atoms with Crippen molar-refractivity contribution in [2.24, 2.45) is 0 Å². The fourth-order valence-corrected chi connectivity index (χ4v) is 1.74. The quantitative estimate of drug-likeness (QED) is 0.805. The van der Waals surface area contributed by atoms with Crippen molar-refractivity contribution < 1.29 is 4.74 Å². The summed E-state index contributed by atoms with van der Waals surface area (Å²) in [5, 5.41) is 0.700. The molecule has 3 heteroatoms. The predicted octanol–water partition coefficient (Wildman–Crippen LogP) is 3.60. The van der Waals surface area contributed by atoms with Gasteiger partial charge in [0.25, 0.3) is 0 Å². The fraction of sp³-hybridized carbons (Fsp3) is 0.0769. The summed E-state index contributed by atoms with van der Waals surface area (Å²) in [4.78, 5) is 0. The van der Waals surface area contributed by atoms with Crippen LogP contribution in [-0.2, 0) is 0 Å². The highest BCUT2D eigenvalue weighted by Crippen LogP contribution is 2.31. The molecule has 0 spiro atoms. The lowest BCUT2D eigenvalue weighted by atomic mass is 10.1. The van der Waals surface area contributed by atoms with Crippen LogP contribution in [0.4, 0.5) is 5.69 Å². The van der Waals surface area contributed by atoms with E-state index >= 15 is 0 Å². The molecule has 0 aliphatic carbocycles. The monoisotopic (exact) mass is 233 g/mol. The molecule has 0 saturated heterocycles. The number of nitrogens with two attached hydrogens (primary N) is 1. The van der Waals surface area contributed by atoms with E-state index in [1.54, 1.807) is 7.11 Å². The highest BCUT2D eigenvalue weighted by molar-refractivity contribution is 6.33. The molecule has 0 unspecified atom stereocenters. The highest BCUT2D eigenvalue weighted by atomic mass is 35.5. The number of nitrogen functional groups attached to an aromatic ring is 1. The maximum absolute atomic E-state index is 6.14. The highest BCUT2D eigenvalue weighted by Gasteiger charge is 2.04. The van der Waals surface area contributed by atoms with E-state index in [1.807, 2.05) is 42.5 Å². The Morgan fingerprint density at radius 3 is 2.38 bits per heavy atom. The largest absolute Gasteiger partial charge is 0.497 e. The first kappa shape index (κ1) is 10.8. The topological polar surface area (TPSA) is 35.2 Å². The van der Waals surface area contributed by atoms with Crippen LogP contribution in [-0.4, -0.2) is 7.11 Å². The fourth-order valence-electron chi connectivity index (χ4n) is 1.52. The first-order valence-electron chi connectivity index (χ1n) is 4.90. The van der Waals surface area contributed by atoms with Gasteiger partial charge in [0.2, 0.25) is 0 Å². The van der Waals surface area contributed by atoms with Crippen LogP contribution < -0.4 is 10.5 Å². The second-order valence-corrected chi connectivity index (χ2v) is 3.87. The first-order chi connectivity index (χ1) is 7.70. The molecule has 2 aromatic carbocycles. The van der Waals surface area contributed by atoms with E-state index in [1.165, 1.54) is 0 Å². The van der Waals surface area contributed by atoms with Crippen LogP contribution in [0.5, 0.6) is 5.75 Å². The summed E-state index contributed by atoms with van der Waals surface area (Å²) in [6.45, 7) is 0. The Morgan fingerprint density at radius 2 is 1.75 bits per heavy atom. The number of anilines is 1. The van der Waals surface area contributed by atoms with E-state index in [2.05, 4.69) is 0 Å². The number of halogens is 1. The first-order valence-corrected chi connectivity index (χ1v) is 5.28. The van der Waals surface area contributed by atoms with E-state index in [9.17, 15) is 0 Å². The molecule has 82 valence electrons. The summed E-state index contributed by atoms with van der Waals surface area (Å²) < 4.78 is 5.17. The van der Waals surface area contributed by atoms with E-state index in [0.29, 0.717) is 5.02 Å². The molecule has 0 heterocycles. The summed E-state index contributed by atoms with van der Waals surface area (Å²) >= 11 is 6.14. The van der Waals surface area contributed by atoms with Gasteiger partial charge in [0, 0.05) is 16.3 Å². The van der Waals surface area contributed by atoms with Gasteiger partial charge in [0.1, 0.15) is 5.75 Å². The maximum atomic E-state index is 6.14. The average molecular weight is 234 g/mol. The molecule has 0 fully saturated rings. The third kappa shape index (κ3) is 2.12. The Morgan fingerprint density at radius 1 is 1.06 bits per heavy atom. The van der Waals surface area contributed by atoms with Gasteiger partial charge >= 0.3 is 0 Å². The molecule has 2 N–H and O–H groups in total. The standard InChI is InChI=1S/C13H12ClNO/c1-16-11-6-7-13(14)12(8-11)9-2-4-10(15)5-3-9/h2-8H,15H2,1H3. The number of methoxy groups -OCH3 is 1. The van der Waals surface area contributed by atoms with Crippen molar-refractivity contribution in [3.63, 3.8) is 0 Å². The van der Waals surface area contributed by atoms with Crippen molar-refractivity contribution in [1.29, 1.82) is 0 Å². The molecule has 0 radical (unpaired) electrons. The van der Waals surface area contributed by atoms with Crippen LogP contribution in [0, 0.1) is 0 Å². The van der Waals surface area contributed by atoms with Crippen LogP contribution in [0.2, 0.25) is 5.02 Å². The minimum atomic E-state index is 0.700. The second-order valence-electron chi connectivity index (χ2n) is 3.47. The Kier molecular flexibility index (Phi) is 3.02. The molecular weight excluding hydrogens is 222 g/mol. The van der Waals surface area contributed by atoms with E-state index < -0.39 is 0 Å². The van der Waals surface area contributed by atoms with Crippen molar-refractivity contribution in [2.75, 3.05) is 12.8 Å². The summed E-state index contributed by atoms with van der Waals surface area (Å²) in [6.07, 6.45) is 0. The van der Waals surface area contributed by atoms with Crippen molar-refractivity contribution in [1.82, 2.24) is 0 Å². The number of ether oxygens (including phenoxy) is 1. The third-order valence-electron chi connectivity index (χ3n) is 2.40. The van der Waals surface area contributed by atoms with Gasteiger partial charge in [-0.15, -0.1) is 0 Å². The number of hydrogen-bond donors (Lipinski definition) is 1. The molecule has 0 aromatic heterocycles. The van der Waals surface area contributed by atoms with Crippen LogP contribution in [0.3, 0.4) is 0 Å². The molecule has 0 aliphatic rings. The Bertz CT molecular complexity index is 494. The normalized spacial score (nSPS) is 10.1. The van der Waals surface area contributed by atoms with Crippen molar-refractivity contribution in [2.45, 2.75) is 0 Å². The van der Waals surface area contributed by atoms with Gasteiger partial charge in [0.15, 0.2) is 0 Å². The molecule has 16 heavy (non-hydrogen) atoms. The smallest absolute Gasteiger partial charge is 0.119 e. The van der Waals surface area contributed by atoms with Crippen molar-refractivity contribution in [3.05, 3.63) is 47.5 Å². The number of hydrogen-bond acceptors (Lipinski definition) is 2. The van der Waals surface area contributed by atoms with E-state index in [-0.39, 0.29) is 0 Å². The molecular formula is C13H12ClNO. The van der Waals surface area contributed by atoms with Gasteiger partial charge in [-0.1, -0.05) is 23.7 Å². The summed E-state index contributed by atoms with van der Waals surface area (Å²) in [7, 11) is 1.63. The second kappa shape index (κ2) is 4.45. The minimum absolute atomic E-state index is 0.700. The van der Waals surface area contributed by atoms with Gasteiger partial charge in [-0.3, -0.25) is 0 Å². The maximum Gasteiger partial charge on any atom is 0.119 e. The Balaban J connectivity index is 2.50. The molecule has 2 rings (SSSR count). The van der Waals surface area contributed by atoms with Gasteiger partial charge in [-0.2, -0.15) is 0 Å². The lowest BCUT2D eigenvalue weighted by Gasteiger charge is -2.07. The number of rotatable bonds is 2. The lowest BCUT2D eigenvalue weighted by molar-refractivity contribution is 0.415. The SMILES string of the molecule is COc1ccc(Cl)c(-c2ccc(N)cc2)c1. The Hall–Kier alpha value is -1.67. The molecule has 0 saturated carbocycles. The zero-order valence-corrected chi connectivity index (χ0v) is 9.66. The van der Waals surface area contributed by atoms with Crippen molar-refractivity contribution in [3.8, 4) is 16.9 Å². The lowest BCUT2D eigenvalue weighted by Crippen LogP contribution is -1.87. The summed E-state index contributed by atoms with van der Waals surface area (Å²) in [5.41, 5.74) is 8.35. The molecule has 0 amide bonds. The minimum Gasteiger partial charge on any atom is -0.497 e. The summed E-state index contributed by atoms with van der Waals surface area (Å²) in [5.74, 6) is 0.788. The summed E-state index contributed by atoms with van der Waals surface area (Å²) in [6, 6.07) is 13.2. The third-order valence-corrected chi connectivity index (χ3v) is 2.72.